The summed E-state index contributed by atoms with van der Waals surface area (Å²) >= 11 is 0. The van der Waals surface area contributed by atoms with Gasteiger partial charge in [0.05, 0.1) is 0 Å². The molecule has 0 fully saturated rings. The lowest BCUT2D eigenvalue weighted by Crippen LogP contribution is -2.35. The molecular weight excluding hydrogens is 313 g/mol. The average Bonchev–Trinajstić information content (AvgIpc) is 2.58. The van der Waals surface area contributed by atoms with Crippen LogP contribution < -0.4 is 10.6 Å². The minimum Gasteiger partial charge on any atom is -0.505 e. The Morgan fingerprint density at radius 2 is 1.79 bits per heavy atom. The molecule has 1 aromatic carbocycles. The van der Waals surface area contributed by atoms with E-state index in [-0.39, 0.29) is 42.7 Å². The molecule has 2 aromatic rings. The van der Waals surface area contributed by atoms with Crippen molar-refractivity contribution in [2.24, 2.45) is 0 Å². The van der Waals surface area contributed by atoms with Gasteiger partial charge in [0.25, 0.3) is 5.91 Å². The predicted octanol–water partition coefficient (Wildman–Crippen LogP) is 1.41. The largest absolute Gasteiger partial charge is 0.505 e. The highest BCUT2D eigenvalue weighted by Crippen LogP contribution is 2.11. The second-order valence-electron chi connectivity index (χ2n) is 5.10. The molecule has 0 spiro atoms. The van der Waals surface area contributed by atoms with Gasteiger partial charge in [0.15, 0.2) is 5.69 Å². The number of carbonyl (C=O) groups excluding carboxylic acids is 2. The minimum absolute atomic E-state index is 0.0554. The number of benzene rings is 1. The summed E-state index contributed by atoms with van der Waals surface area (Å²) in [6.45, 7) is 0.485. The SMILES string of the molecule is O=C(CCc1ccc(F)cc1)NCCNC(=O)c1ncccc1O. The highest BCUT2D eigenvalue weighted by Gasteiger charge is 2.11. The van der Waals surface area contributed by atoms with E-state index in [2.05, 4.69) is 15.6 Å². The summed E-state index contributed by atoms with van der Waals surface area (Å²) in [7, 11) is 0. The van der Waals surface area contributed by atoms with Gasteiger partial charge in [0.2, 0.25) is 5.91 Å². The molecule has 0 aliphatic carbocycles. The molecule has 6 nitrogen and oxygen atoms in total. The van der Waals surface area contributed by atoms with Gasteiger partial charge in [-0.25, -0.2) is 9.37 Å². The van der Waals surface area contributed by atoms with Crippen LogP contribution >= 0.6 is 0 Å². The van der Waals surface area contributed by atoms with E-state index in [4.69, 9.17) is 0 Å². The Morgan fingerprint density at radius 1 is 1.08 bits per heavy atom. The average molecular weight is 331 g/mol. The zero-order valence-electron chi connectivity index (χ0n) is 13.0. The van der Waals surface area contributed by atoms with Crippen molar-refractivity contribution in [3.05, 3.63) is 59.7 Å². The van der Waals surface area contributed by atoms with Gasteiger partial charge in [0.1, 0.15) is 11.6 Å². The predicted molar refractivity (Wildman–Crippen MR) is 86.0 cm³/mol. The number of nitrogens with one attached hydrogen (secondary N) is 2. The van der Waals surface area contributed by atoms with Crippen LogP contribution in [0.5, 0.6) is 5.75 Å². The summed E-state index contributed by atoms with van der Waals surface area (Å²) in [5.74, 6) is -1.17. The molecule has 0 radical (unpaired) electrons. The second kappa shape index (κ2) is 8.61. The number of amides is 2. The standard InChI is InChI=1S/C17H18FN3O3/c18-13-6-3-12(4-7-13)5-8-15(23)19-10-11-21-17(24)16-14(22)2-1-9-20-16/h1-4,6-7,9,22H,5,8,10-11H2,(H,19,23)(H,21,24). The van der Waals surface area contributed by atoms with E-state index in [9.17, 15) is 19.1 Å². The van der Waals surface area contributed by atoms with Crippen molar-refractivity contribution in [1.29, 1.82) is 0 Å². The fraction of sp³-hybridized carbons (Fsp3) is 0.235. The monoisotopic (exact) mass is 331 g/mol. The van der Waals surface area contributed by atoms with Crippen molar-refractivity contribution in [2.75, 3.05) is 13.1 Å². The van der Waals surface area contributed by atoms with E-state index in [1.165, 1.54) is 30.5 Å². The van der Waals surface area contributed by atoms with Crippen LogP contribution in [0.25, 0.3) is 0 Å². The number of carbonyl (C=O) groups is 2. The third kappa shape index (κ3) is 5.35. The van der Waals surface area contributed by atoms with Gasteiger partial charge in [-0.3, -0.25) is 9.59 Å². The van der Waals surface area contributed by atoms with Gasteiger partial charge in [-0.05, 0) is 36.2 Å². The quantitative estimate of drug-likeness (QED) is 0.669. The Kier molecular flexibility index (Phi) is 6.24. The summed E-state index contributed by atoms with van der Waals surface area (Å²) < 4.78 is 12.8. The van der Waals surface area contributed by atoms with Gasteiger partial charge in [0, 0.05) is 25.7 Å². The Bertz CT molecular complexity index is 704. The van der Waals surface area contributed by atoms with Crippen LogP contribution in [-0.4, -0.2) is 35.0 Å². The van der Waals surface area contributed by atoms with Gasteiger partial charge in [-0.1, -0.05) is 12.1 Å². The highest BCUT2D eigenvalue weighted by atomic mass is 19.1. The number of rotatable bonds is 7. The summed E-state index contributed by atoms with van der Waals surface area (Å²) in [4.78, 5) is 27.3. The van der Waals surface area contributed by atoms with E-state index in [0.717, 1.165) is 5.56 Å². The molecule has 0 saturated heterocycles. The first-order chi connectivity index (χ1) is 11.6. The van der Waals surface area contributed by atoms with Crippen LogP contribution in [0.1, 0.15) is 22.5 Å². The maximum atomic E-state index is 12.8. The van der Waals surface area contributed by atoms with Crippen LogP contribution in [0, 0.1) is 5.82 Å². The van der Waals surface area contributed by atoms with Gasteiger partial charge >= 0.3 is 0 Å². The summed E-state index contributed by atoms with van der Waals surface area (Å²) in [5, 5.41) is 14.7. The van der Waals surface area contributed by atoms with Crippen LogP contribution in [-0.2, 0) is 11.2 Å². The lowest BCUT2D eigenvalue weighted by atomic mass is 10.1. The topological polar surface area (TPSA) is 91.3 Å². The van der Waals surface area contributed by atoms with Crippen LogP contribution in [0.3, 0.4) is 0 Å². The lowest BCUT2D eigenvalue weighted by Gasteiger charge is -2.07. The number of aryl methyl sites for hydroxylation is 1. The number of hydrogen-bond donors (Lipinski definition) is 3. The number of halogens is 1. The Morgan fingerprint density at radius 3 is 2.50 bits per heavy atom. The molecule has 1 heterocycles. The third-order valence-electron chi connectivity index (χ3n) is 3.29. The number of pyridine rings is 1. The van der Waals surface area contributed by atoms with Crippen LogP contribution in [0.4, 0.5) is 4.39 Å². The molecule has 0 unspecified atom stereocenters. The molecule has 3 N–H and O–H groups in total. The van der Waals surface area contributed by atoms with Gasteiger partial charge in [-0.15, -0.1) is 0 Å². The molecular formula is C17H18FN3O3. The van der Waals surface area contributed by atoms with Crippen molar-refractivity contribution < 1.29 is 19.1 Å². The maximum absolute atomic E-state index is 12.8. The molecule has 7 heteroatoms. The van der Waals surface area contributed by atoms with E-state index >= 15 is 0 Å². The molecule has 0 aliphatic heterocycles. The minimum atomic E-state index is -0.506. The van der Waals surface area contributed by atoms with E-state index in [1.54, 1.807) is 12.1 Å². The number of nitrogens with zero attached hydrogens (tertiary/aromatic N) is 1. The lowest BCUT2D eigenvalue weighted by molar-refractivity contribution is -0.121. The van der Waals surface area contributed by atoms with Crippen LogP contribution in [0.15, 0.2) is 42.6 Å². The zero-order valence-corrected chi connectivity index (χ0v) is 13.0. The number of hydrogen-bond acceptors (Lipinski definition) is 4. The van der Waals surface area contributed by atoms with E-state index in [1.807, 2.05) is 0 Å². The zero-order chi connectivity index (χ0) is 17.4. The maximum Gasteiger partial charge on any atom is 0.273 e. The summed E-state index contributed by atoms with van der Waals surface area (Å²) in [6.07, 6.45) is 2.20. The fourth-order valence-corrected chi connectivity index (χ4v) is 2.03. The Balaban J connectivity index is 1.65. The van der Waals surface area contributed by atoms with Crippen molar-refractivity contribution in [3.8, 4) is 5.75 Å². The normalized spacial score (nSPS) is 10.2. The molecule has 0 aliphatic rings. The molecule has 24 heavy (non-hydrogen) atoms. The first-order valence-corrected chi connectivity index (χ1v) is 7.49. The van der Waals surface area contributed by atoms with Crippen molar-refractivity contribution in [1.82, 2.24) is 15.6 Å². The Hall–Kier alpha value is -2.96. The Labute approximate surface area is 138 Å². The van der Waals surface area contributed by atoms with Crippen LogP contribution in [0.2, 0.25) is 0 Å². The third-order valence-corrected chi connectivity index (χ3v) is 3.29. The van der Waals surface area contributed by atoms with Crippen molar-refractivity contribution in [2.45, 2.75) is 12.8 Å². The second-order valence-corrected chi connectivity index (χ2v) is 5.10. The van der Waals surface area contributed by atoms with Gasteiger partial charge in [-0.2, -0.15) is 0 Å². The first-order valence-electron chi connectivity index (χ1n) is 7.49. The van der Waals surface area contributed by atoms with E-state index < -0.39 is 5.91 Å². The molecule has 1 aromatic heterocycles. The molecule has 126 valence electrons. The molecule has 0 bridgehead atoms. The molecule has 0 saturated carbocycles. The van der Waals surface area contributed by atoms with Crippen molar-refractivity contribution in [3.63, 3.8) is 0 Å². The number of aromatic hydroxyl groups is 1. The fourth-order valence-electron chi connectivity index (χ4n) is 2.03. The molecule has 2 amide bonds. The summed E-state index contributed by atoms with van der Waals surface area (Å²) in [6, 6.07) is 8.89. The number of aromatic nitrogens is 1. The molecule has 0 atom stereocenters. The smallest absolute Gasteiger partial charge is 0.273 e. The first kappa shape index (κ1) is 17.4. The molecule has 2 rings (SSSR count). The summed E-state index contributed by atoms with van der Waals surface area (Å²) in [5.41, 5.74) is 0.825. The van der Waals surface area contributed by atoms with Crippen molar-refractivity contribution >= 4 is 11.8 Å². The van der Waals surface area contributed by atoms with Gasteiger partial charge < -0.3 is 15.7 Å². The van der Waals surface area contributed by atoms with E-state index in [0.29, 0.717) is 6.42 Å². The highest BCUT2D eigenvalue weighted by molar-refractivity contribution is 5.94.